The van der Waals surface area contributed by atoms with Crippen molar-refractivity contribution >= 4 is 5.78 Å². The van der Waals surface area contributed by atoms with Crippen molar-refractivity contribution in [2.24, 2.45) is 29.4 Å². The van der Waals surface area contributed by atoms with Crippen LogP contribution in [0.5, 0.6) is 11.5 Å². The van der Waals surface area contributed by atoms with E-state index in [9.17, 15) is 9.90 Å². The van der Waals surface area contributed by atoms with Gasteiger partial charge in [0.25, 0.3) is 0 Å². The van der Waals surface area contributed by atoms with Crippen LogP contribution < -0.4 is 15.2 Å². The average molecular weight is 522 g/mol. The molecule has 1 aliphatic heterocycles. The summed E-state index contributed by atoms with van der Waals surface area (Å²) in [5, 5.41) is 11.0. The zero-order chi connectivity index (χ0) is 27.4. The first-order valence-corrected chi connectivity index (χ1v) is 14.0. The predicted molar refractivity (Wildman–Crippen MR) is 147 cm³/mol. The molecule has 5 atom stereocenters. The number of ether oxygens (including phenoxy) is 4. The number of hydrogen-bond acceptors (Lipinski definition) is 7. The highest BCUT2D eigenvalue weighted by atomic mass is 16.5. The van der Waals surface area contributed by atoms with E-state index in [2.05, 4.69) is 33.8 Å². The summed E-state index contributed by atoms with van der Waals surface area (Å²) >= 11 is 0. The molecule has 0 unspecified atom stereocenters. The number of carbonyl (C=O) groups excluding carboxylic acids is 1. The van der Waals surface area contributed by atoms with Gasteiger partial charge in [0.2, 0.25) is 0 Å². The van der Waals surface area contributed by atoms with Crippen molar-refractivity contribution in [3.05, 3.63) is 23.8 Å². The van der Waals surface area contributed by atoms with Crippen LogP contribution in [-0.4, -0.2) is 63.2 Å². The number of ketones is 1. The Morgan fingerprint density at radius 2 is 1.86 bits per heavy atom. The van der Waals surface area contributed by atoms with Crippen LogP contribution >= 0.6 is 0 Å². The fourth-order valence-electron chi connectivity index (χ4n) is 5.17. The Hall–Kier alpha value is -1.67. The first-order chi connectivity index (χ1) is 17.7. The maximum absolute atomic E-state index is 13.0. The summed E-state index contributed by atoms with van der Waals surface area (Å²) in [5.41, 5.74) is 7.69. The summed E-state index contributed by atoms with van der Waals surface area (Å²) in [7, 11) is 3.28. The third-order valence-electron chi connectivity index (χ3n) is 7.73. The summed E-state index contributed by atoms with van der Waals surface area (Å²) in [6.07, 6.45) is 4.80. The number of nitrogens with two attached hydrogens (primary N) is 1. The molecule has 7 heteroatoms. The summed E-state index contributed by atoms with van der Waals surface area (Å²) in [4.78, 5) is 13.0. The minimum absolute atomic E-state index is 0.163. The normalized spacial score (nSPS) is 19.1. The van der Waals surface area contributed by atoms with E-state index in [-0.39, 0.29) is 29.6 Å². The second-order valence-electron chi connectivity index (χ2n) is 11.2. The minimum atomic E-state index is -0.718. The lowest BCUT2D eigenvalue weighted by Crippen LogP contribution is -2.40. The third kappa shape index (κ3) is 10.5. The van der Waals surface area contributed by atoms with Crippen molar-refractivity contribution in [2.45, 2.75) is 90.9 Å². The second-order valence-corrected chi connectivity index (χ2v) is 11.2. The van der Waals surface area contributed by atoms with Gasteiger partial charge in [-0.25, -0.2) is 0 Å². The number of rotatable bonds is 18. The second kappa shape index (κ2) is 16.3. The minimum Gasteiger partial charge on any atom is -0.493 e. The van der Waals surface area contributed by atoms with Crippen molar-refractivity contribution in [1.29, 1.82) is 0 Å². The number of aliphatic hydroxyl groups is 1. The molecule has 37 heavy (non-hydrogen) atoms. The molecule has 212 valence electrons. The molecular weight excluding hydrogens is 470 g/mol. The molecule has 0 bridgehead atoms. The van der Waals surface area contributed by atoms with E-state index >= 15 is 0 Å². The molecule has 1 fully saturated rings. The van der Waals surface area contributed by atoms with Gasteiger partial charge in [-0.05, 0) is 74.0 Å². The number of aliphatic hydroxyl groups excluding tert-OH is 1. The molecule has 1 heterocycles. The zero-order valence-corrected chi connectivity index (χ0v) is 23.9. The zero-order valence-electron chi connectivity index (χ0n) is 23.9. The van der Waals surface area contributed by atoms with Crippen LogP contribution in [0.4, 0.5) is 0 Å². The molecule has 0 amide bonds. The fourth-order valence-corrected chi connectivity index (χ4v) is 5.17. The molecule has 2 rings (SSSR count). The maximum atomic E-state index is 13.0. The van der Waals surface area contributed by atoms with Gasteiger partial charge in [0.05, 0.1) is 25.9 Å². The molecular formula is C30H51NO6. The molecule has 0 radical (unpaired) electrons. The van der Waals surface area contributed by atoms with Crippen molar-refractivity contribution in [3.63, 3.8) is 0 Å². The van der Waals surface area contributed by atoms with Crippen LogP contribution in [0.1, 0.15) is 71.8 Å². The number of methoxy groups -OCH3 is 2. The van der Waals surface area contributed by atoms with E-state index in [1.54, 1.807) is 14.2 Å². The van der Waals surface area contributed by atoms with Gasteiger partial charge in [-0.3, -0.25) is 4.79 Å². The molecule has 1 aromatic rings. The number of hydrogen-bond donors (Lipinski definition) is 2. The van der Waals surface area contributed by atoms with Gasteiger partial charge in [0, 0.05) is 32.1 Å². The van der Waals surface area contributed by atoms with Crippen LogP contribution in [0.15, 0.2) is 18.2 Å². The fraction of sp³-hybridized carbons (Fsp3) is 0.767. The van der Waals surface area contributed by atoms with Crippen LogP contribution in [0.2, 0.25) is 0 Å². The Morgan fingerprint density at radius 1 is 1.11 bits per heavy atom. The van der Waals surface area contributed by atoms with E-state index in [0.717, 1.165) is 37.9 Å². The Labute approximate surface area is 224 Å². The summed E-state index contributed by atoms with van der Waals surface area (Å²) in [5.74, 6) is 2.24. The van der Waals surface area contributed by atoms with Crippen LogP contribution in [0.3, 0.4) is 0 Å². The van der Waals surface area contributed by atoms with E-state index in [0.29, 0.717) is 49.9 Å². The topological polar surface area (TPSA) is 100 Å². The summed E-state index contributed by atoms with van der Waals surface area (Å²) < 4.78 is 22.1. The molecule has 3 N–H and O–H groups in total. The molecule has 0 saturated carbocycles. The first-order valence-electron chi connectivity index (χ1n) is 14.0. The molecule has 7 nitrogen and oxygen atoms in total. The Morgan fingerprint density at radius 3 is 2.46 bits per heavy atom. The van der Waals surface area contributed by atoms with E-state index in [1.807, 2.05) is 12.1 Å². The van der Waals surface area contributed by atoms with Gasteiger partial charge in [0.1, 0.15) is 12.4 Å². The predicted octanol–water partition coefficient (Wildman–Crippen LogP) is 4.80. The molecule has 1 aromatic carbocycles. The molecule has 1 saturated heterocycles. The maximum Gasteiger partial charge on any atom is 0.161 e. The van der Waals surface area contributed by atoms with Gasteiger partial charge >= 0.3 is 0 Å². The lowest BCUT2D eigenvalue weighted by molar-refractivity contribution is -0.126. The lowest BCUT2D eigenvalue weighted by Gasteiger charge is -2.30. The molecule has 1 aliphatic rings. The van der Waals surface area contributed by atoms with E-state index in [1.165, 1.54) is 0 Å². The van der Waals surface area contributed by atoms with Crippen molar-refractivity contribution < 1.29 is 28.8 Å². The highest BCUT2D eigenvalue weighted by Crippen LogP contribution is 2.32. The third-order valence-corrected chi connectivity index (χ3v) is 7.73. The molecule has 0 aromatic heterocycles. The van der Waals surface area contributed by atoms with Gasteiger partial charge in [-0.15, -0.1) is 0 Å². The van der Waals surface area contributed by atoms with Crippen LogP contribution in [0, 0.1) is 23.7 Å². The van der Waals surface area contributed by atoms with Crippen molar-refractivity contribution in [1.82, 2.24) is 0 Å². The van der Waals surface area contributed by atoms with Crippen molar-refractivity contribution in [3.8, 4) is 11.5 Å². The van der Waals surface area contributed by atoms with Gasteiger partial charge in [0.15, 0.2) is 11.5 Å². The number of Topliss-reactive ketones (excluding diaryl/α,β-unsaturated/α-hetero) is 1. The Bertz CT molecular complexity index is 792. The van der Waals surface area contributed by atoms with Gasteiger partial charge in [-0.2, -0.15) is 0 Å². The number of carbonyl (C=O) groups is 1. The Balaban J connectivity index is 1.98. The van der Waals surface area contributed by atoms with E-state index in [4.69, 9.17) is 24.7 Å². The average Bonchev–Trinajstić information content (AvgIpc) is 3.39. The summed E-state index contributed by atoms with van der Waals surface area (Å²) in [6, 6.07) is 5.61. The highest BCUT2D eigenvalue weighted by molar-refractivity contribution is 5.81. The monoisotopic (exact) mass is 521 g/mol. The standard InChI is InChI=1S/C30H51NO6/c1-20(2)23(16-22-9-12-29(35-6)30(17-22)37-15-14-34-5)18-26(31)28(33)19-25(21(3)4)27(32)11-10-24-8-7-13-36-24/h9,12,17,20-21,23-26,28,33H,7-8,10-11,13-16,18-19,31H2,1-6H3/t23-,24-,25-,26-,28-/m0/s1. The van der Waals surface area contributed by atoms with Crippen molar-refractivity contribution in [2.75, 3.05) is 34.0 Å². The van der Waals surface area contributed by atoms with Crippen LogP contribution in [-0.2, 0) is 20.7 Å². The summed E-state index contributed by atoms with van der Waals surface area (Å²) in [6.45, 7) is 10.2. The smallest absolute Gasteiger partial charge is 0.161 e. The Kier molecular flexibility index (Phi) is 13.9. The SMILES string of the molecule is COCCOc1cc(C[C@@H](C[C@H](N)[C@@H](O)C[C@H](C(=O)CC[C@@H]2CCCO2)C(C)C)C(C)C)ccc1OC. The quantitative estimate of drug-likeness (QED) is 0.268. The largest absolute Gasteiger partial charge is 0.493 e. The number of benzene rings is 1. The highest BCUT2D eigenvalue weighted by Gasteiger charge is 2.30. The van der Waals surface area contributed by atoms with E-state index < -0.39 is 12.1 Å². The first kappa shape index (κ1) is 31.5. The molecule has 0 aliphatic carbocycles. The lowest BCUT2D eigenvalue weighted by atomic mass is 9.79. The molecule has 0 spiro atoms. The van der Waals surface area contributed by atoms with Crippen LogP contribution in [0.25, 0.3) is 0 Å². The van der Waals surface area contributed by atoms with Gasteiger partial charge < -0.3 is 29.8 Å². The van der Waals surface area contributed by atoms with Gasteiger partial charge in [-0.1, -0.05) is 33.8 Å².